The largest absolute Gasteiger partial charge is 0.481 e. The van der Waals surface area contributed by atoms with E-state index in [-0.39, 0.29) is 23.1 Å². The molecule has 15 heavy (non-hydrogen) atoms. The van der Waals surface area contributed by atoms with Gasteiger partial charge in [0.25, 0.3) is 0 Å². The molecule has 84 valence electrons. The second-order valence-corrected chi connectivity index (χ2v) is 3.85. The van der Waals surface area contributed by atoms with Crippen molar-refractivity contribution in [3.05, 3.63) is 22.9 Å². The molecule has 1 unspecified atom stereocenters. The van der Waals surface area contributed by atoms with Crippen molar-refractivity contribution in [2.45, 2.75) is 0 Å². The summed E-state index contributed by atoms with van der Waals surface area (Å²) in [5.41, 5.74) is 5.14. The van der Waals surface area contributed by atoms with Crippen LogP contribution in [0.3, 0.4) is 0 Å². The highest BCUT2D eigenvalue weighted by Crippen LogP contribution is 2.20. The van der Waals surface area contributed by atoms with Crippen LogP contribution in [0, 0.1) is 5.92 Å². The summed E-state index contributed by atoms with van der Waals surface area (Å²) in [5.74, 6) is -2.54. The Kier molecular flexibility index (Phi) is 4.86. The first-order chi connectivity index (χ1) is 6.45. The quantitative estimate of drug-likeness (QED) is 0.662. The number of carboxylic acids is 1. The molecule has 5 nitrogen and oxygen atoms in total. The van der Waals surface area contributed by atoms with E-state index in [4.69, 9.17) is 22.4 Å². The molecule has 0 radical (unpaired) electrons. The predicted octanol–water partition coefficient (Wildman–Crippen LogP) is 0.139. The molecule has 0 aliphatic heterocycles. The van der Waals surface area contributed by atoms with Gasteiger partial charge in [-0.15, -0.1) is 12.4 Å². The zero-order valence-corrected chi connectivity index (χ0v) is 9.56. The highest BCUT2D eigenvalue weighted by Gasteiger charge is 2.28. The molecule has 1 rings (SSSR count). The van der Waals surface area contributed by atoms with Crippen LogP contribution in [0.2, 0.25) is 0 Å². The Labute approximate surface area is 98.2 Å². The fraction of sp³-hybridized carbons (Fsp3) is 0.143. The summed E-state index contributed by atoms with van der Waals surface area (Å²) in [4.78, 5) is 10.3. The molecule has 3 N–H and O–H groups in total. The Morgan fingerprint density at radius 2 is 2.07 bits per heavy atom. The van der Waals surface area contributed by atoms with Crippen LogP contribution in [0.4, 0.5) is 0 Å². The number of hydrogen-bond acceptors (Lipinski definition) is 4. The number of aliphatic carboxylic acids is 1. The summed E-state index contributed by atoms with van der Waals surface area (Å²) < 4.78 is 21.4. The smallest absolute Gasteiger partial charge is 0.316 e. The maximum atomic E-state index is 10.7. The van der Waals surface area contributed by atoms with E-state index in [0.717, 1.165) is 0 Å². The first-order valence-corrected chi connectivity index (χ1v) is 4.93. The summed E-state index contributed by atoms with van der Waals surface area (Å²) in [7, 11) is -2.69. The van der Waals surface area contributed by atoms with E-state index in [0.29, 0.717) is 0 Å². The van der Waals surface area contributed by atoms with Crippen molar-refractivity contribution < 1.29 is 18.3 Å². The summed E-state index contributed by atoms with van der Waals surface area (Å²) in [6.07, 6.45) is 2.44. The zero-order chi connectivity index (χ0) is 10.9. The van der Waals surface area contributed by atoms with Crippen LogP contribution in [-0.2, 0) is 15.1 Å². The molecule has 1 aliphatic rings. The summed E-state index contributed by atoms with van der Waals surface area (Å²) in [5, 5.41) is 8.72. The Hall–Kier alpha value is -0.980. The number of carbonyl (C=O) groups is 1. The first-order valence-electron chi connectivity index (χ1n) is 3.48. The van der Waals surface area contributed by atoms with Crippen LogP contribution < -0.4 is 5.73 Å². The molecule has 8 heteroatoms. The van der Waals surface area contributed by atoms with Crippen molar-refractivity contribution in [2.75, 3.05) is 0 Å². The van der Waals surface area contributed by atoms with Gasteiger partial charge in [-0.1, -0.05) is 17.7 Å². The minimum atomic E-state index is -2.69. The molecule has 1 aliphatic carbocycles. The third-order valence-electron chi connectivity index (χ3n) is 1.69. The van der Waals surface area contributed by atoms with E-state index in [1.165, 1.54) is 12.2 Å². The van der Waals surface area contributed by atoms with Gasteiger partial charge >= 0.3 is 5.97 Å². The monoisotopic (exact) mass is 271 g/mol. The fourth-order valence-corrected chi connectivity index (χ4v) is 1.94. The summed E-state index contributed by atoms with van der Waals surface area (Å²) in [6, 6.07) is 0. The van der Waals surface area contributed by atoms with Crippen molar-refractivity contribution in [1.29, 1.82) is 0 Å². The van der Waals surface area contributed by atoms with Gasteiger partial charge in [0.05, 0.1) is 10.7 Å². The van der Waals surface area contributed by atoms with Crippen molar-refractivity contribution in [2.24, 2.45) is 11.7 Å². The third kappa shape index (κ3) is 2.74. The maximum Gasteiger partial charge on any atom is 0.316 e. The molecule has 0 spiro atoms. The SMILES string of the molecule is Cl.NC1=C(Cl)C=CC(C(=O)O)C1=S(=O)=O. The van der Waals surface area contributed by atoms with E-state index in [1.807, 2.05) is 0 Å². The number of hydrogen-bond donors (Lipinski definition) is 2. The normalized spacial score (nSPS) is 19.8. The standard InChI is InChI=1S/C7H6ClNO4S.ClH/c8-4-2-1-3(7(10)11)6(5(4)9)14(12)13;/h1-3H,9H2,(H,10,11);1H. The topological polar surface area (TPSA) is 97.5 Å². The first kappa shape index (κ1) is 14.0. The molecule has 0 aromatic rings. The van der Waals surface area contributed by atoms with Crippen molar-refractivity contribution in [3.8, 4) is 0 Å². The average Bonchev–Trinajstić information content (AvgIpc) is 2.08. The molecule has 0 heterocycles. The van der Waals surface area contributed by atoms with Gasteiger partial charge in [-0.05, 0) is 6.08 Å². The molecule has 0 saturated carbocycles. The van der Waals surface area contributed by atoms with Gasteiger partial charge in [0.15, 0.2) is 0 Å². The molecule has 0 fully saturated rings. The Bertz CT molecular complexity index is 469. The lowest BCUT2D eigenvalue weighted by atomic mass is 9.98. The van der Waals surface area contributed by atoms with Gasteiger partial charge in [0, 0.05) is 0 Å². The van der Waals surface area contributed by atoms with E-state index < -0.39 is 27.0 Å². The highest BCUT2D eigenvalue weighted by molar-refractivity contribution is 7.73. The Balaban J connectivity index is 0.00000196. The Morgan fingerprint density at radius 3 is 2.47 bits per heavy atom. The van der Waals surface area contributed by atoms with Gasteiger partial charge in [-0.25, -0.2) is 0 Å². The van der Waals surface area contributed by atoms with Crippen molar-refractivity contribution in [1.82, 2.24) is 0 Å². The lowest BCUT2D eigenvalue weighted by Gasteiger charge is -2.13. The van der Waals surface area contributed by atoms with Gasteiger partial charge in [-0.3, -0.25) is 4.79 Å². The minimum Gasteiger partial charge on any atom is -0.481 e. The fourth-order valence-electron chi connectivity index (χ4n) is 1.03. The van der Waals surface area contributed by atoms with Crippen LogP contribution in [0.25, 0.3) is 0 Å². The van der Waals surface area contributed by atoms with Crippen molar-refractivity contribution in [3.63, 3.8) is 0 Å². The van der Waals surface area contributed by atoms with Crippen LogP contribution >= 0.6 is 24.0 Å². The van der Waals surface area contributed by atoms with Gasteiger partial charge in [-0.2, -0.15) is 8.42 Å². The molecule has 0 aromatic carbocycles. The van der Waals surface area contributed by atoms with Crippen LogP contribution in [-0.4, -0.2) is 24.4 Å². The van der Waals surface area contributed by atoms with Crippen LogP contribution in [0.5, 0.6) is 0 Å². The molecule has 0 aromatic heterocycles. The van der Waals surface area contributed by atoms with Gasteiger partial charge < -0.3 is 10.8 Å². The maximum absolute atomic E-state index is 10.7. The van der Waals surface area contributed by atoms with Crippen LogP contribution in [0.15, 0.2) is 22.9 Å². The van der Waals surface area contributed by atoms with E-state index >= 15 is 0 Å². The molecule has 0 bridgehead atoms. The highest BCUT2D eigenvalue weighted by atomic mass is 35.5. The second kappa shape index (κ2) is 5.20. The van der Waals surface area contributed by atoms with E-state index in [2.05, 4.69) is 0 Å². The zero-order valence-electron chi connectivity index (χ0n) is 7.18. The minimum absolute atomic E-state index is 0. The number of nitrogens with two attached hydrogens (primary N) is 1. The lowest BCUT2D eigenvalue weighted by molar-refractivity contribution is -0.138. The number of allylic oxidation sites excluding steroid dienone is 3. The van der Waals surface area contributed by atoms with Crippen molar-refractivity contribution >= 4 is 45.1 Å². The summed E-state index contributed by atoms with van der Waals surface area (Å²) in [6.45, 7) is 0. The average molecular weight is 272 g/mol. The third-order valence-corrected chi connectivity index (χ3v) is 2.85. The predicted molar refractivity (Wildman–Crippen MR) is 58.5 cm³/mol. The van der Waals surface area contributed by atoms with E-state index in [1.54, 1.807) is 0 Å². The van der Waals surface area contributed by atoms with E-state index in [9.17, 15) is 13.2 Å². The molecule has 0 amide bonds. The summed E-state index contributed by atoms with van der Waals surface area (Å²) >= 11 is 5.56. The number of carboxylic acid groups (broad SMARTS) is 1. The second-order valence-electron chi connectivity index (χ2n) is 2.54. The van der Waals surface area contributed by atoms with Crippen LogP contribution in [0.1, 0.15) is 0 Å². The number of rotatable bonds is 1. The molecular formula is C7H7Cl2NO4S. The number of halogens is 2. The molecule has 0 saturated heterocycles. The lowest BCUT2D eigenvalue weighted by Crippen LogP contribution is -2.30. The molecular weight excluding hydrogens is 265 g/mol. The van der Waals surface area contributed by atoms with Gasteiger partial charge in [0.2, 0.25) is 10.3 Å². The molecule has 1 atom stereocenters. The van der Waals surface area contributed by atoms with Gasteiger partial charge in [0.1, 0.15) is 10.8 Å². The Morgan fingerprint density at radius 1 is 1.53 bits per heavy atom.